The van der Waals surface area contributed by atoms with E-state index < -0.39 is 0 Å². The molecule has 0 spiro atoms. The molecule has 3 rings (SSSR count). The van der Waals surface area contributed by atoms with Crippen molar-refractivity contribution < 1.29 is 9.90 Å². The number of hydrogen-bond acceptors (Lipinski definition) is 3. The van der Waals surface area contributed by atoms with Gasteiger partial charge in [0.05, 0.1) is 5.02 Å². The molecule has 2 aromatic carbocycles. The van der Waals surface area contributed by atoms with E-state index in [1.54, 1.807) is 42.7 Å². The van der Waals surface area contributed by atoms with Crippen molar-refractivity contribution in [2.24, 2.45) is 0 Å². The summed E-state index contributed by atoms with van der Waals surface area (Å²) in [5.74, 6) is -0.134. The molecule has 0 aliphatic rings. The number of aromatic nitrogens is 1. The van der Waals surface area contributed by atoms with Crippen LogP contribution in [0.5, 0.6) is 5.75 Å². The van der Waals surface area contributed by atoms with Crippen LogP contribution in [0.1, 0.15) is 24.2 Å². The summed E-state index contributed by atoms with van der Waals surface area (Å²) in [5, 5.41) is 14.3. The number of phenols is 1. The highest BCUT2D eigenvalue weighted by molar-refractivity contribution is 6.36. The highest BCUT2D eigenvalue weighted by Gasteiger charge is 2.10. The molecule has 0 aliphatic carbocycles. The molecule has 3 aromatic rings. The van der Waals surface area contributed by atoms with E-state index in [1.165, 1.54) is 12.1 Å². The van der Waals surface area contributed by atoms with Gasteiger partial charge in [-0.05, 0) is 42.5 Å². The molecule has 2 N–H and O–H groups in total. The van der Waals surface area contributed by atoms with Crippen LogP contribution in [-0.2, 0) is 0 Å². The number of aromatic hydroxyl groups is 1. The second kappa shape index (κ2) is 7.61. The minimum Gasteiger partial charge on any atom is -0.508 e. The molecule has 1 amide bonds. The van der Waals surface area contributed by atoms with Crippen molar-refractivity contribution in [1.82, 2.24) is 4.98 Å². The van der Waals surface area contributed by atoms with Gasteiger partial charge in [-0.15, -0.1) is 0 Å². The SMILES string of the molecule is CC.O=C(Nc1ccc(Cl)c2cnccc12)c1ccc(O)cc1. The number of carbonyl (C=O) groups is 1. The zero-order valence-corrected chi connectivity index (χ0v) is 13.6. The molecule has 0 bridgehead atoms. The van der Waals surface area contributed by atoms with E-state index in [-0.39, 0.29) is 11.7 Å². The summed E-state index contributed by atoms with van der Waals surface area (Å²) in [5.41, 5.74) is 1.12. The summed E-state index contributed by atoms with van der Waals surface area (Å²) in [6.07, 6.45) is 3.31. The van der Waals surface area contributed by atoms with Crippen LogP contribution in [-0.4, -0.2) is 16.0 Å². The van der Waals surface area contributed by atoms with E-state index in [1.807, 2.05) is 13.8 Å². The van der Waals surface area contributed by atoms with E-state index in [2.05, 4.69) is 10.3 Å². The Morgan fingerprint density at radius 1 is 1.04 bits per heavy atom. The topological polar surface area (TPSA) is 62.2 Å². The maximum atomic E-state index is 12.2. The molecule has 0 saturated carbocycles. The molecule has 5 heteroatoms. The lowest BCUT2D eigenvalue weighted by Gasteiger charge is -2.09. The Bertz CT molecular complexity index is 817. The summed E-state index contributed by atoms with van der Waals surface area (Å²) in [6, 6.07) is 11.3. The monoisotopic (exact) mass is 328 g/mol. The van der Waals surface area contributed by atoms with Gasteiger partial charge in [0.2, 0.25) is 0 Å². The fourth-order valence-electron chi connectivity index (χ4n) is 2.07. The first-order valence-electron chi connectivity index (χ1n) is 7.28. The summed E-state index contributed by atoms with van der Waals surface area (Å²) in [4.78, 5) is 16.2. The predicted molar refractivity (Wildman–Crippen MR) is 94.2 cm³/mol. The van der Waals surface area contributed by atoms with Crippen molar-refractivity contribution in [2.45, 2.75) is 13.8 Å². The molecule has 1 aromatic heterocycles. The van der Waals surface area contributed by atoms with Crippen LogP contribution in [0.25, 0.3) is 10.8 Å². The second-order valence-corrected chi connectivity index (χ2v) is 4.92. The Hall–Kier alpha value is -2.59. The number of pyridine rings is 1. The smallest absolute Gasteiger partial charge is 0.255 e. The number of anilines is 1. The lowest BCUT2D eigenvalue weighted by atomic mass is 10.1. The van der Waals surface area contributed by atoms with Gasteiger partial charge in [0.25, 0.3) is 5.91 Å². The van der Waals surface area contributed by atoms with Crippen molar-refractivity contribution >= 4 is 34.0 Å². The third-order valence-electron chi connectivity index (χ3n) is 3.14. The van der Waals surface area contributed by atoms with Crippen LogP contribution >= 0.6 is 11.6 Å². The van der Waals surface area contributed by atoms with Gasteiger partial charge in [-0.2, -0.15) is 0 Å². The molecule has 118 valence electrons. The van der Waals surface area contributed by atoms with Crippen molar-refractivity contribution in [2.75, 3.05) is 5.32 Å². The highest BCUT2D eigenvalue weighted by atomic mass is 35.5. The van der Waals surface area contributed by atoms with Crippen LogP contribution < -0.4 is 5.32 Å². The van der Waals surface area contributed by atoms with Crippen molar-refractivity contribution in [1.29, 1.82) is 0 Å². The first kappa shape index (κ1) is 16.8. The van der Waals surface area contributed by atoms with Crippen LogP contribution in [0.3, 0.4) is 0 Å². The molecular formula is C18H17ClN2O2. The first-order chi connectivity index (χ1) is 11.1. The maximum Gasteiger partial charge on any atom is 0.255 e. The number of hydrogen-bond donors (Lipinski definition) is 2. The maximum absolute atomic E-state index is 12.2. The van der Waals surface area contributed by atoms with Gasteiger partial charge < -0.3 is 10.4 Å². The Balaban J connectivity index is 0.000000924. The largest absolute Gasteiger partial charge is 0.508 e. The average Bonchev–Trinajstić information content (AvgIpc) is 2.60. The third-order valence-corrected chi connectivity index (χ3v) is 3.47. The molecule has 0 unspecified atom stereocenters. The number of nitrogens with zero attached hydrogens (tertiary/aromatic N) is 1. The van der Waals surface area contributed by atoms with Gasteiger partial charge in [0.1, 0.15) is 5.75 Å². The number of amides is 1. The number of carbonyl (C=O) groups excluding carboxylic acids is 1. The van der Waals surface area contributed by atoms with Gasteiger partial charge in [0, 0.05) is 34.4 Å². The summed E-state index contributed by atoms with van der Waals surface area (Å²) in [7, 11) is 0. The van der Waals surface area contributed by atoms with E-state index in [0.717, 1.165) is 10.8 Å². The predicted octanol–water partition coefficient (Wildman–Crippen LogP) is 4.87. The zero-order chi connectivity index (χ0) is 16.8. The van der Waals surface area contributed by atoms with Gasteiger partial charge >= 0.3 is 0 Å². The summed E-state index contributed by atoms with van der Waals surface area (Å²) in [6.45, 7) is 4.00. The minimum absolute atomic E-state index is 0.120. The Kier molecular flexibility index (Phi) is 5.55. The Morgan fingerprint density at radius 2 is 1.74 bits per heavy atom. The standard InChI is InChI=1S/C16H11ClN2O2.C2H6/c17-14-5-6-15(12-7-8-18-9-13(12)14)19-16(21)10-1-3-11(20)4-2-10;1-2/h1-9,20H,(H,19,21);1-2H3. The number of rotatable bonds is 2. The van der Waals surface area contributed by atoms with E-state index in [0.29, 0.717) is 16.3 Å². The molecule has 1 heterocycles. The quantitative estimate of drug-likeness (QED) is 0.705. The summed E-state index contributed by atoms with van der Waals surface area (Å²) >= 11 is 6.12. The number of halogens is 1. The zero-order valence-electron chi connectivity index (χ0n) is 12.9. The minimum atomic E-state index is -0.254. The number of phenolic OH excluding ortho intramolecular Hbond substituents is 1. The van der Waals surface area contributed by atoms with Crippen molar-refractivity contribution in [3.8, 4) is 5.75 Å². The first-order valence-corrected chi connectivity index (χ1v) is 7.65. The molecule has 0 saturated heterocycles. The van der Waals surface area contributed by atoms with Gasteiger partial charge in [-0.3, -0.25) is 9.78 Å². The average molecular weight is 329 g/mol. The number of benzene rings is 2. The van der Waals surface area contributed by atoms with Gasteiger partial charge in [0.15, 0.2) is 0 Å². The van der Waals surface area contributed by atoms with Crippen molar-refractivity contribution in [3.05, 3.63) is 65.4 Å². The molecule has 0 atom stereocenters. The number of nitrogens with one attached hydrogen (secondary N) is 1. The lowest BCUT2D eigenvalue weighted by Crippen LogP contribution is -2.11. The van der Waals surface area contributed by atoms with Crippen LogP contribution in [0.2, 0.25) is 5.02 Å². The van der Waals surface area contributed by atoms with E-state index in [4.69, 9.17) is 11.6 Å². The highest BCUT2D eigenvalue weighted by Crippen LogP contribution is 2.29. The van der Waals surface area contributed by atoms with E-state index >= 15 is 0 Å². The molecule has 0 fully saturated rings. The molecule has 4 nitrogen and oxygen atoms in total. The second-order valence-electron chi connectivity index (χ2n) is 4.52. The van der Waals surface area contributed by atoms with Gasteiger partial charge in [-0.1, -0.05) is 25.4 Å². The molecule has 0 aliphatic heterocycles. The fourth-order valence-corrected chi connectivity index (χ4v) is 2.29. The van der Waals surface area contributed by atoms with Crippen LogP contribution in [0.15, 0.2) is 54.9 Å². The molecular weight excluding hydrogens is 312 g/mol. The Morgan fingerprint density at radius 3 is 2.43 bits per heavy atom. The van der Waals surface area contributed by atoms with Gasteiger partial charge in [-0.25, -0.2) is 0 Å². The normalized spacial score (nSPS) is 9.87. The Labute approximate surface area is 139 Å². The third kappa shape index (κ3) is 3.79. The summed E-state index contributed by atoms with van der Waals surface area (Å²) < 4.78 is 0. The van der Waals surface area contributed by atoms with Crippen molar-refractivity contribution in [3.63, 3.8) is 0 Å². The van der Waals surface area contributed by atoms with E-state index in [9.17, 15) is 9.90 Å². The fraction of sp³-hybridized carbons (Fsp3) is 0.111. The van der Waals surface area contributed by atoms with Crippen LogP contribution in [0.4, 0.5) is 5.69 Å². The number of fused-ring (bicyclic) bond motifs is 1. The lowest BCUT2D eigenvalue weighted by molar-refractivity contribution is 0.102. The molecule has 0 radical (unpaired) electrons. The molecule has 23 heavy (non-hydrogen) atoms. The van der Waals surface area contributed by atoms with Crippen LogP contribution in [0, 0.1) is 0 Å².